The lowest BCUT2D eigenvalue weighted by molar-refractivity contribution is -0.108. The van der Waals surface area contributed by atoms with E-state index in [9.17, 15) is 4.79 Å². The average Bonchev–Trinajstić information content (AvgIpc) is 2.23. The molecule has 0 aromatic heterocycles. The van der Waals surface area contributed by atoms with Crippen molar-refractivity contribution in [1.82, 2.24) is 0 Å². The SMILES string of the molecule is CC1CCc2ccccc2C1CC=O. The lowest BCUT2D eigenvalue weighted by atomic mass is 9.75. The normalized spacial score (nSPS) is 25.5. The summed E-state index contributed by atoms with van der Waals surface area (Å²) < 4.78 is 0. The van der Waals surface area contributed by atoms with Crippen molar-refractivity contribution in [3.05, 3.63) is 35.4 Å². The van der Waals surface area contributed by atoms with Crippen LogP contribution >= 0.6 is 0 Å². The molecule has 74 valence electrons. The van der Waals surface area contributed by atoms with Gasteiger partial charge >= 0.3 is 0 Å². The Labute approximate surface area is 85.1 Å². The maximum atomic E-state index is 10.6. The predicted molar refractivity (Wildman–Crippen MR) is 57.3 cm³/mol. The highest BCUT2D eigenvalue weighted by Gasteiger charge is 2.25. The van der Waals surface area contributed by atoms with Gasteiger partial charge in [0.2, 0.25) is 0 Å². The first kappa shape index (κ1) is 9.45. The van der Waals surface area contributed by atoms with Crippen LogP contribution in [0.4, 0.5) is 0 Å². The first-order chi connectivity index (χ1) is 6.83. The van der Waals surface area contributed by atoms with Crippen molar-refractivity contribution >= 4 is 6.29 Å². The van der Waals surface area contributed by atoms with Crippen LogP contribution in [0.1, 0.15) is 36.8 Å². The summed E-state index contributed by atoms with van der Waals surface area (Å²) >= 11 is 0. The van der Waals surface area contributed by atoms with E-state index in [1.54, 1.807) is 0 Å². The third-order valence-electron chi connectivity index (χ3n) is 3.36. The number of aryl methyl sites for hydroxylation is 1. The summed E-state index contributed by atoms with van der Waals surface area (Å²) in [6.45, 7) is 2.25. The van der Waals surface area contributed by atoms with E-state index < -0.39 is 0 Å². The van der Waals surface area contributed by atoms with Gasteiger partial charge < -0.3 is 4.79 Å². The van der Waals surface area contributed by atoms with Crippen molar-refractivity contribution in [2.75, 3.05) is 0 Å². The number of carbonyl (C=O) groups excluding carboxylic acids is 1. The summed E-state index contributed by atoms with van der Waals surface area (Å²) in [5.41, 5.74) is 2.84. The second-order valence-electron chi connectivity index (χ2n) is 4.22. The average molecular weight is 188 g/mol. The van der Waals surface area contributed by atoms with Crippen molar-refractivity contribution in [1.29, 1.82) is 0 Å². The number of rotatable bonds is 2. The van der Waals surface area contributed by atoms with Crippen molar-refractivity contribution in [3.63, 3.8) is 0 Å². The molecule has 0 saturated carbocycles. The highest BCUT2D eigenvalue weighted by atomic mass is 16.1. The summed E-state index contributed by atoms with van der Waals surface area (Å²) in [4.78, 5) is 10.6. The molecule has 0 aliphatic heterocycles. The van der Waals surface area contributed by atoms with Crippen LogP contribution in [0.5, 0.6) is 0 Å². The summed E-state index contributed by atoms with van der Waals surface area (Å²) in [5.74, 6) is 1.10. The van der Waals surface area contributed by atoms with Gasteiger partial charge in [0.25, 0.3) is 0 Å². The van der Waals surface area contributed by atoms with Crippen molar-refractivity contribution < 1.29 is 4.79 Å². The number of fused-ring (bicyclic) bond motifs is 1. The van der Waals surface area contributed by atoms with Gasteiger partial charge in [-0.05, 0) is 35.8 Å². The molecule has 2 unspecified atom stereocenters. The quantitative estimate of drug-likeness (QED) is 0.652. The largest absolute Gasteiger partial charge is 0.303 e. The number of hydrogen-bond acceptors (Lipinski definition) is 1. The molecule has 1 aromatic carbocycles. The minimum Gasteiger partial charge on any atom is -0.303 e. The molecule has 1 aliphatic rings. The monoisotopic (exact) mass is 188 g/mol. The van der Waals surface area contributed by atoms with Crippen molar-refractivity contribution in [2.45, 2.75) is 32.1 Å². The van der Waals surface area contributed by atoms with Crippen LogP contribution in [0.25, 0.3) is 0 Å². The van der Waals surface area contributed by atoms with Crippen molar-refractivity contribution in [2.24, 2.45) is 5.92 Å². The fourth-order valence-electron chi connectivity index (χ4n) is 2.48. The van der Waals surface area contributed by atoms with E-state index in [-0.39, 0.29) is 0 Å². The first-order valence-electron chi connectivity index (χ1n) is 5.34. The molecule has 1 aliphatic carbocycles. The maximum absolute atomic E-state index is 10.6. The molecule has 0 saturated heterocycles. The van der Waals surface area contributed by atoms with E-state index in [4.69, 9.17) is 0 Å². The Kier molecular flexibility index (Phi) is 2.67. The van der Waals surface area contributed by atoms with Gasteiger partial charge in [-0.3, -0.25) is 0 Å². The maximum Gasteiger partial charge on any atom is 0.120 e. The Morgan fingerprint density at radius 3 is 3.00 bits per heavy atom. The molecule has 1 heteroatoms. The van der Waals surface area contributed by atoms with Gasteiger partial charge in [0.05, 0.1) is 0 Å². The van der Waals surface area contributed by atoms with E-state index >= 15 is 0 Å². The third kappa shape index (κ3) is 1.59. The van der Waals surface area contributed by atoms with Crippen LogP contribution in [0.3, 0.4) is 0 Å². The first-order valence-corrected chi connectivity index (χ1v) is 5.34. The second-order valence-corrected chi connectivity index (χ2v) is 4.22. The molecular weight excluding hydrogens is 172 g/mol. The van der Waals surface area contributed by atoms with E-state index in [2.05, 4.69) is 31.2 Å². The Bertz CT molecular complexity index is 330. The molecule has 0 fully saturated rings. The molecule has 14 heavy (non-hydrogen) atoms. The van der Waals surface area contributed by atoms with Crippen LogP contribution in [-0.4, -0.2) is 6.29 Å². The number of hydrogen-bond donors (Lipinski definition) is 0. The summed E-state index contributed by atoms with van der Waals surface area (Å²) in [5, 5.41) is 0. The lowest BCUT2D eigenvalue weighted by Crippen LogP contribution is -2.18. The number of aldehydes is 1. The van der Waals surface area contributed by atoms with Crippen LogP contribution < -0.4 is 0 Å². The standard InChI is InChI=1S/C13H16O/c1-10-6-7-11-4-2-3-5-13(11)12(10)8-9-14/h2-5,9-10,12H,6-8H2,1H3. The summed E-state index contributed by atoms with van der Waals surface area (Å²) in [7, 11) is 0. The van der Waals surface area contributed by atoms with Gasteiger partial charge in [0, 0.05) is 6.42 Å². The Morgan fingerprint density at radius 2 is 2.21 bits per heavy atom. The minimum absolute atomic E-state index is 0.456. The predicted octanol–water partition coefficient (Wildman–Crippen LogP) is 2.94. The molecule has 1 aromatic rings. The van der Waals surface area contributed by atoms with Gasteiger partial charge in [-0.2, -0.15) is 0 Å². The van der Waals surface area contributed by atoms with Crippen LogP contribution in [-0.2, 0) is 11.2 Å². The molecule has 0 spiro atoms. The molecule has 0 bridgehead atoms. The van der Waals surface area contributed by atoms with Gasteiger partial charge in [-0.15, -0.1) is 0 Å². The summed E-state index contributed by atoms with van der Waals surface area (Å²) in [6, 6.07) is 8.54. The third-order valence-corrected chi connectivity index (χ3v) is 3.36. The summed E-state index contributed by atoms with van der Waals surface area (Å²) in [6.07, 6.45) is 4.13. The van der Waals surface area contributed by atoms with Gasteiger partial charge in [0.15, 0.2) is 0 Å². The van der Waals surface area contributed by atoms with Crippen LogP contribution in [0, 0.1) is 5.92 Å². The van der Waals surface area contributed by atoms with E-state index in [0.717, 1.165) is 6.29 Å². The molecule has 2 rings (SSSR count). The molecular formula is C13H16O. The van der Waals surface area contributed by atoms with E-state index in [0.29, 0.717) is 18.3 Å². The Balaban J connectivity index is 2.35. The van der Waals surface area contributed by atoms with Gasteiger partial charge in [0.1, 0.15) is 6.29 Å². The van der Waals surface area contributed by atoms with Crippen LogP contribution in [0.2, 0.25) is 0 Å². The zero-order valence-electron chi connectivity index (χ0n) is 8.57. The fraction of sp³-hybridized carbons (Fsp3) is 0.462. The van der Waals surface area contributed by atoms with Gasteiger partial charge in [-0.25, -0.2) is 0 Å². The molecule has 1 nitrogen and oxygen atoms in total. The molecule has 0 N–H and O–H groups in total. The van der Waals surface area contributed by atoms with Crippen molar-refractivity contribution in [3.8, 4) is 0 Å². The highest BCUT2D eigenvalue weighted by molar-refractivity contribution is 5.52. The zero-order valence-corrected chi connectivity index (χ0v) is 8.57. The Hall–Kier alpha value is -1.11. The van der Waals surface area contributed by atoms with Crippen LogP contribution in [0.15, 0.2) is 24.3 Å². The highest BCUT2D eigenvalue weighted by Crippen LogP contribution is 2.37. The fourth-order valence-corrected chi connectivity index (χ4v) is 2.48. The molecule has 2 atom stereocenters. The minimum atomic E-state index is 0.456. The zero-order chi connectivity index (χ0) is 9.97. The lowest BCUT2D eigenvalue weighted by Gasteiger charge is -2.30. The number of benzene rings is 1. The van der Waals surface area contributed by atoms with E-state index in [1.165, 1.54) is 24.0 Å². The van der Waals surface area contributed by atoms with E-state index in [1.807, 2.05) is 0 Å². The molecule has 0 radical (unpaired) electrons. The topological polar surface area (TPSA) is 17.1 Å². The Morgan fingerprint density at radius 1 is 1.43 bits per heavy atom. The van der Waals surface area contributed by atoms with Gasteiger partial charge in [-0.1, -0.05) is 31.2 Å². The smallest absolute Gasteiger partial charge is 0.120 e. The molecule has 0 amide bonds. The number of carbonyl (C=O) groups is 1. The second kappa shape index (κ2) is 3.95. The molecule has 0 heterocycles.